The van der Waals surface area contributed by atoms with Crippen molar-refractivity contribution in [2.45, 2.75) is 19.9 Å². The monoisotopic (exact) mass is 336 g/mol. The van der Waals surface area contributed by atoms with Gasteiger partial charge >= 0.3 is 0 Å². The number of hydrogen-bond donors (Lipinski definition) is 3. The lowest BCUT2D eigenvalue weighted by Crippen LogP contribution is -2.39. The smallest absolute Gasteiger partial charge is 0.242 e. The van der Waals surface area contributed by atoms with Crippen molar-refractivity contribution in [3.8, 4) is 5.75 Å². The Morgan fingerprint density at radius 1 is 1.12 bits per heavy atom. The van der Waals surface area contributed by atoms with Crippen LogP contribution in [-0.4, -0.2) is 52.3 Å². The molecule has 0 heterocycles. The quantitative estimate of drug-likeness (QED) is 0.336. The van der Waals surface area contributed by atoms with Gasteiger partial charge in [-0.05, 0) is 31.0 Å². The summed E-state index contributed by atoms with van der Waals surface area (Å²) in [6.07, 6.45) is 0.880. The van der Waals surface area contributed by atoms with Gasteiger partial charge in [-0.1, -0.05) is 12.1 Å². The van der Waals surface area contributed by atoms with Gasteiger partial charge in [-0.2, -0.15) is 0 Å². The number of rotatable bonds is 10. The van der Waals surface area contributed by atoms with Gasteiger partial charge < -0.3 is 25.4 Å². The Labute approximate surface area is 143 Å². The molecule has 0 bridgehead atoms. The number of aliphatic imine (C=N–C) groups is 1. The maximum absolute atomic E-state index is 11.9. The zero-order chi connectivity index (χ0) is 17.6. The summed E-state index contributed by atoms with van der Waals surface area (Å²) in [5.41, 5.74) is 1.01. The van der Waals surface area contributed by atoms with E-state index < -0.39 is 0 Å². The van der Waals surface area contributed by atoms with Gasteiger partial charge in [0, 0.05) is 33.4 Å². The number of nitrogens with zero attached hydrogens (tertiary/aromatic N) is 1. The molecular formula is C17H28N4O3. The fourth-order valence-electron chi connectivity index (χ4n) is 1.92. The summed E-state index contributed by atoms with van der Waals surface area (Å²) < 4.78 is 10.1. The summed E-state index contributed by atoms with van der Waals surface area (Å²) in [4.78, 5) is 16.2. The van der Waals surface area contributed by atoms with Gasteiger partial charge in [-0.15, -0.1) is 0 Å². The molecule has 24 heavy (non-hydrogen) atoms. The van der Waals surface area contributed by atoms with Crippen molar-refractivity contribution >= 4 is 11.9 Å². The lowest BCUT2D eigenvalue weighted by molar-refractivity contribution is -0.119. The van der Waals surface area contributed by atoms with Crippen molar-refractivity contribution in [2.24, 2.45) is 4.99 Å². The SMILES string of the molecule is CCNC(=NCC(=O)NCc1ccc(OC)cc1)NCCCOC. The third-order valence-corrected chi connectivity index (χ3v) is 3.19. The van der Waals surface area contributed by atoms with E-state index in [1.54, 1.807) is 14.2 Å². The molecule has 0 saturated carbocycles. The summed E-state index contributed by atoms with van der Waals surface area (Å²) >= 11 is 0. The van der Waals surface area contributed by atoms with E-state index in [-0.39, 0.29) is 12.5 Å². The van der Waals surface area contributed by atoms with E-state index in [4.69, 9.17) is 9.47 Å². The molecule has 1 aromatic rings. The second-order valence-electron chi connectivity index (χ2n) is 5.09. The van der Waals surface area contributed by atoms with Crippen molar-refractivity contribution in [3.63, 3.8) is 0 Å². The first-order valence-corrected chi connectivity index (χ1v) is 8.10. The number of benzene rings is 1. The molecule has 1 amide bonds. The molecular weight excluding hydrogens is 308 g/mol. The highest BCUT2D eigenvalue weighted by molar-refractivity contribution is 5.84. The van der Waals surface area contributed by atoms with Crippen molar-refractivity contribution in [2.75, 3.05) is 40.5 Å². The molecule has 0 radical (unpaired) electrons. The average Bonchev–Trinajstić information content (AvgIpc) is 2.61. The summed E-state index contributed by atoms with van der Waals surface area (Å²) in [6.45, 7) is 4.70. The Balaban J connectivity index is 2.36. The highest BCUT2D eigenvalue weighted by atomic mass is 16.5. The second kappa shape index (κ2) is 12.2. The molecule has 1 aromatic carbocycles. The first-order chi connectivity index (χ1) is 11.7. The van der Waals surface area contributed by atoms with Crippen molar-refractivity contribution in [1.29, 1.82) is 0 Å². The Kier molecular flexibility index (Phi) is 10.0. The Morgan fingerprint density at radius 3 is 2.50 bits per heavy atom. The van der Waals surface area contributed by atoms with Crippen LogP contribution in [0.15, 0.2) is 29.3 Å². The lowest BCUT2D eigenvalue weighted by Gasteiger charge is -2.11. The minimum absolute atomic E-state index is 0.0791. The number of ether oxygens (including phenoxy) is 2. The summed E-state index contributed by atoms with van der Waals surface area (Å²) in [5, 5.41) is 9.12. The standard InChI is InChI=1S/C17H28N4O3/c1-4-18-17(19-10-5-11-23-2)21-13-16(22)20-12-14-6-8-15(24-3)9-7-14/h6-9H,4-5,10-13H2,1-3H3,(H,20,22)(H2,18,19,21). The molecule has 7 nitrogen and oxygen atoms in total. The van der Waals surface area contributed by atoms with Crippen LogP contribution in [0.1, 0.15) is 18.9 Å². The predicted octanol–water partition coefficient (Wildman–Crippen LogP) is 0.903. The molecule has 134 valence electrons. The number of hydrogen-bond acceptors (Lipinski definition) is 4. The van der Waals surface area contributed by atoms with E-state index in [2.05, 4.69) is 20.9 Å². The topological polar surface area (TPSA) is 84.0 Å². The van der Waals surface area contributed by atoms with Crippen LogP contribution in [0, 0.1) is 0 Å². The first kappa shape index (κ1) is 19.8. The normalized spacial score (nSPS) is 11.0. The van der Waals surface area contributed by atoms with Crippen LogP contribution < -0.4 is 20.7 Å². The molecule has 3 N–H and O–H groups in total. The van der Waals surface area contributed by atoms with Gasteiger partial charge in [0.2, 0.25) is 5.91 Å². The number of methoxy groups -OCH3 is 2. The average molecular weight is 336 g/mol. The largest absolute Gasteiger partial charge is 0.497 e. The van der Waals surface area contributed by atoms with Crippen molar-refractivity contribution < 1.29 is 14.3 Å². The van der Waals surface area contributed by atoms with Crippen LogP contribution in [0.2, 0.25) is 0 Å². The number of amides is 1. The third kappa shape index (κ3) is 8.38. The molecule has 1 rings (SSSR count). The molecule has 0 atom stereocenters. The minimum atomic E-state index is -0.125. The summed E-state index contributed by atoms with van der Waals surface area (Å²) in [7, 11) is 3.30. The second-order valence-corrected chi connectivity index (χ2v) is 5.09. The molecule has 7 heteroatoms. The van der Waals surface area contributed by atoms with Gasteiger partial charge in [0.1, 0.15) is 12.3 Å². The molecule has 0 aliphatic rings. The lowest BCUT2D eigenvalue weighted by atomic mass is 10.2. The van der Waals surface area contributed by atoms with Crippen LogP contribution in [0.3, 0.4) is 0 Å². The van der Waals surface area contributed by atoms with Gasteiger partial charge in [0.15, 0.2) is 5.96 Å². The summed E-state index contributed by atoms with van der Waals surface area (Å²) in [5.74, 6) is 1.30. The molecule has 0 fully saturated rings. The highest BCUT2D eigenvalue weighted by Gasteiger charge is 2.02. The maximum Gasteiger partial charge on any atom is 0.242 e. The predicted molar refractivity (Wildman–Crippen MR) is 95.3 cm³/mol. The number of guanidine groups is 1. The van der Waals surface area contributed by atoms with Gasteiger partial charge in [0.25, 0.3) is 0 Å². The van der Waals surface area contributed by atoms with E-state index in [0.717, 1.165) is 30.8 Å². The third-order valence-electron chi connectivity index (χ3n) is 3.19. The van der Waals surface area contributed by atoms with E-state index >= 15 is 0 Å². The molecule has 0 aromatic heterocycles. The maximum atomic E-state index is 11.9. The Morgan fingerprint density at radius 2 is 1.88 bits per heavy atom. The molecule has 0 unspecified atom stereocenters. The Hall–Kier alpha value is -2.28. The van der Waals surface area contributed by atoms with E-state index in [1.165, 1.54) is 0 Å². The fourth-order valence-corrected chi connectivity index (χ4v) is 1.92. The molecule has 0 spiro atoms. The first-order valence-electron chi connectivity index (χ1n) is 8.10. The zero-order valence-corrected chi connectivity index (χ0v) is 14.7. The van der Waals surface area contributed by atoms with Crippen LogP contribution in [-0.2, 0) is 16.1 Å². The van der Waals surface area contributed by atoms with Crippen LogP contribution >= 0.6 is 0 Å². The zero-order valence-electron chi connectivity index (χ0n) is 14.7. The molecule has 0 saturated heterocycles. The van der Waals surface area contributed by atoms with Crippen molar-refractivity contribution in [3.05, 3.63) is 29.8 Å². The Bertz CT molecular complexity index is 503. The van der Waals surface area contributed by atoms with E-state index in [1.807, 2.05) is 31.2 Å². The van der Waals surface area contributed by atoms with E-state index in [0.29, 0.717) is 19.1 Å². The summed E-state index contributed by atoms with van der Waals surface area (Å²) in [6, 6.07) is 7.58. The molecule has 0 aliphatic carbocycles. The highest BCUT2D eigenvalue weighted by Crippen LogP contribution is 2.10. The van der Waals surface area contributed by atoms with Gasteiger partial charge in [-0.3, -0.25) is 4.79 Å². The van der Waals surface area contributed by atoms with E-state index in [9.17, 15) is 4.79 Å². The number of nitrogens with one attached hydrogen (secondary N) is 3. The number of carbonyl (C=O) groups excluding carboxylic acids is 1. The molecule has 0 aliphatic heterocycles. The van der Waals surface area contributed by atoms with Crippen LogP contribution in [0.25, 0.3) is 0 Å². The van der Waals surface area contributed by atoms with Gasteiger partial charge in [0.05, 0.1) is 7.11 Å². The van der Waals surface area contributed by atoms with Crippen LogP contribution in [0.5, 0.6) is 5.75 Å². The van der Waals surface area contributed by atoms with Crippen molar-refractivity contribution in [1.82, 2.24) is 16.0 Å². The van der Waals surface area contributed by atoms with Gasteiger partial charge in [-0.25, -0.2) is 4.99 Å². The minimum Gasteiger partial charge on any atom is -0.497 e. The number of carbonyl (C=O) groups is 1. The van der Waals surface area contributed by atoms with Crippen LogP contribution in [0.4, 0.5) is 0 Å². The fraction of sp³-hybridized carbons (Fsp3) is 0.529.